The van der Waals surface area contributed by atoms with Crippen LogP contribution in [0.2, 0.25) is 0 Å². The van der Waals surface area contributed by atoms with Crippen molar-refractivity contribution in [1.29, 1.82) is 0 Å². The summed E-state index contributed by atoms with van der Waals surface area (Å²) < 4.78 is 1.07. The molecule has 0 aromatic heterocycles. The standard InChI is InChI=1S/C19H27BrN2O/c1-21-13-15-6-5-11-22(14-15)18(23)19(9-2-3-10-19)16-7-4-8-17(20)12-16/h4,7-8,12,15,21H,2-3,5-6,9-11,13-14H2,1H3. The van der Waals surface area contributed by atoms with Gasteiger partial charge >= 0.3 is 0 Å². The van der Waals surface area contributed by atoms with E-state index < -0.39 is 0 Å². The number of benzene rings is 1. The first kappa shape index (κ1) is 17.0. The Kier molecular flexibility index (Phi) is 5.42. The van der Waals surface area contributed by atoms with E-state index in [9.17, 15) is 4.79 Å². The van der Waals surface area contributed by atoms with Gasteiger partial charge in [0.25, 0.3) is 0 Å². The van der Waals surface area contributed by atoms with Crippen molar-refractivity contribution in [3.05, 3.63) is 34.3 Å². The van der Waals surface area contributed by atoms with Crippen molar-refractivity contribution in [2.75, 3.05) is 26.7 Å². The van der Waals surface area contributed by atoms with Crippen molar-refractivity contribution < 1.29 is 4.79 Å². The first-order valence-electron chi connectivity index (χ1n) is 8.86. The molecule has 2 fully saturated rings. The van der Waals surface area contributed by atoms with Crippen LogP contribution in [0, 0.1) is 5.92 Å². The monoisotopic (exact) mass is 378 g/mol. The Bertz CT molecular complexity index is 552. The topological polar surface area (TPSA) is 32.3 Å². The van der Waals surface area contributed by atoms with Crippen molar-refractivity contribution in [3.8, 4) is 0 Å². The average molecular weight is 379 g/mol. The Morgan fingerprint density at radius 2 is 2.13 bits per heavy atom. The molecule has 23 heavy (non-hydrogen) atoms. The maximum Gasteiger partial charge on any atom is 0.233 e. The van der Waals surface area contributed by atoms with Crippen LogP contribution in [-0.2, 0) is 10.2 Å². The van der Waals surface area contributed by atoms with Gasteiger partial charge in [-0.3, -0.25) is 4.79 Å². The third-order valence-corrected chi connectivity index (χ3v) is 6.04. The van der Waals surface area contributed by atoms with Gasteiger partial charge in [0.15, 0.2) is 0 Å². The van der Waals surface area contributed by atoms with Gasteiger partial charge in [0.2, 0.25) is 5.91 Å². The fourth-order valence-corrected chi connectivity index (χ4v) is 4.80. The molecule has 3 rings (SSSR count). The molecule has 0 radical (unpaired) electrons. The van der Waals surface area contributed by atoms with E-state index in [1.54, 1.807) is 0 Å². The Morgan fingerprint density at radius 3 is 2.83 bits per heavy atom. The minimum absolute atomic E-state index is 0.286. The number of hydrogen-bond acceptors (Lipinski definition) is 2. The van der Waals surface area contributed by atoms with Crippen molar-refractivity contribution in [3.63, 3.8) is 0 Å². The molecule has 1 heterocycles. The highest BCUT2D eigenvalue weighted by molar-refractivity contribution is 9.10. The molecule has 1 unspecified atom stereocenters. The Labute approximate surface area is 148 Å². The molecule has 4 heteroatoms. The predicted octanol–water partition coefficient (Wildman–Crippen LogP) is 3.72. The maximum absolute atomic E-state index is 13.5. The van der Waals surface area contributed by atoms with Crippen LogP contribution < -0.4 is 5.32 Å². The van der Waals surface area contributed by atoms with Crippen LogP contribution in [0.5, 0.6) is 0 Å². The zero-order chi connectivity index (χ0) is 16.3. The van der Waals surface area contributed by atoms with Crippen LogP contribution >= 0.6 is 15.9 Å². The third kappa shape index (κ3) is 3.48. The summed E-state index contributed by atoms with van der Waals surface area (Å²) >= 11 is 3.58. The molecule has 1 aliphatic heterocycles. The molecule has 1 saturated heterocycles. The van der Waals surface area contributed by atoms with Gasteiger partial charge in [-0.25, -0.2) is 0 Å². The summed E-state index contributed by atoms with van der Waals surface area (Å²) in [6.45, 7) is 2.85. The lowest BCUT2D eigenvalue weighted by Crippen LogP contribution is -2.50. The normalized spacial score (nSPS) is 23.9. The Hall–Kier alpha value is -0.870. The summed E-state index contributed by atoms with van der Waals surface area (Å²) in [5.74, 6) is 0.965. The maximum atomic E-state index is 13.5. The van der Waals surface area contributed by atoms with E-state index in [1.807, 2.05) is 13.1 Å². The van der Waals surface area contributed by atoms with Gasteiger partial charge in [-0.1, -0.05) is 40.9 Å². The molecule has 1 aromatic rings. The molecule has 126 valence electrons. The van der Waals surface area contributed by atoms with E-state index in [0.717, 1.165) is 56.2 Å². The SMILES string of the molecule is CNCC1CCCN(C(=O)C2(c3cccc(Br)c3)CCCC2)C1. The number of nitrogens with one attached hydrogen (secondary N) is 1. The lowest BCUT2D eigenvalue weighted by Gasteiger charge is -2.39. The van der Waals surface area contributed by atoms with Gasteiger partial charge in [0.05, 0.1) is 5.41 Å². The predicted molar refractivity (Wildman–Crippen MR) is 97.5 cm³/mol. The van der Waals surface area contributed by atoms with E-state index in [2.05, 4.69) is 44.3 Å². The van der Waals surface area contributed by atoms with E-state index in [1.165, 1.54) is 12.0 Å². The van der Waals surface area contributed by atoms with Crippen LogP contribution in [0.25, 0.3) is 0 Å². The second-order valence-electron chi connectivity index (χ2n) is 7.12. The molecule has 1 atom stereocenters. The molecule has 1 aromatic carbocycles. The second-order valence-corrected chi connectivity index (χ2v) is 8.03. The smallest absolute Gasteiger partial charge is 0.233 e. The highest BCUT2D eigenvalue weighted by Crippen LogP contribution is 2.43. The van der Waals surface area contributed by atoms with Crippen molar-refractivity contribution in [1.82, 2.24) is 10.2 Å². The number of piperidine rings is 1. The van der Waals surface area contributed by atoms with E-state index in [0.29, 0.717) is 11.8 Å². The number of hydrogen-bond donors (Lipinski definition) is 1. The molecule has 1 saturated carbocycles. The Balaban J connectivity index is 1.84. The van der Waals surface area contributed by atoms with Crippen molar-refractivity contribution >= 4 is 21.8 Å². The first-order valence-corrected chi connectivity index (χ1v) is 9.65. The van der Waals surface area contributed by atoms with Crippen LogP contribution in [0.15, 0.2) is 28.7 Å². The molecule has 1 N–H and O–H groups in total. The van der Waals surface area contributed by atoms with Crippen molar-refractivity contribution in [2.24, 2.45) is 5.92 Å². The molecule has 0 bridgehead atoms. The number of nitrogens with zero attached hydrogens (tertiary/aromatic N) is 1. The number of halogens is 1. The summed E-state index contributed by atoms with van der Waals surface area (Å²) in [6.07, 6.45) is 6.67. The van der Waals surface area contributed by atoms with Crippen LogP contribution in [-0.4, -0.2) is 37.5 Å². The van der Waals surface area contributed by atoms with Crippen LogP contribution in [0.3, 0.4) is 0 Å². The number of carbonyl (C=O) groups is 1. The number of amides is 1. The van der Waals surface area contributed by atoms with Gasteiger partial charge in [-0.2, -0.15) is 0 Å². The van der Waals surface area contributed by atoms with Gasteiger partial charge in [-0.15, -0.1) is 0 Å². The third-order valence-electron chi connectivity index (χ3n) is 5.54. The molecule has 1 aliphatic carbocycles. The molecular weight excluding hydrogens is 352 g/mol. The number of rotatable bonds is 4. The molecule has 1 amide bonds. The largest absolute Gasteiger partial charge is 0.342 e. The van der Waals surface area contributed by atoms with Crippen molar-refractivity contribution in [2.45, 2.75) is 43.9 Å². The van der Waals surface area contributed by atoms with E-state index >= 15 is 0 Å². The summed E-state index contributed by atoms with van der Waals surface area (Å²) in [6, 6.07) is 8.40. The first-order chi connectivity index (χ1) is 11.2. The highest BCUT2D eigenvalue weighted by atomic mass is 79.9. The fraction of sp³-hybridized carbons (Fsp3) is 0.632. The minimum Gasteiger partial charge on any atom is -0.342 e. The van der Waals surface area contributed by atoms with Crippen LogP contribution in [0.1, 0.15) is 44.1 Å². The quantitative estimate of drug-likeness (QED) is 0.865. The zero-order valence-corrected chi connectivity index (χ0v) is 15.6. The zero-order valence-electron chi connectivity index (χ0n) is 14.0. The van der Waals surface area contributed by atoms with Gasteiger partial charge in [-0.05, 0) is 62.9 Å². The lowest BCUT2D eigenvalue weighted by atomic mass is 9.77. The fourth-order valence-electron chi connectivity index (χ4n) is 4.40. The minimum atomic E-state index is -0.286. The van der Waals surface area contributed by atoms with E-state index in [4.69, 9.17) is 0 Å². The highest BCUT2D eigenvalue weighted by Gasteiger charge is 2.45. The molecular formula is C19H27BrN2O. The summed E-state index contributed by atoms with van der Waals surface area (Å²) in [4.78, 5) is 15.6. The lowest BCUT2D eigenvalue weighted by molar-refractivity contribution is -0.139. The molecule has 3 nitrogen and oxygen atoms in total. The van der Waals surface area contributed by atoms with E-state index in [-0.39, 0.29) is 5.41 Å². The number of carbonyl (C=O) groups excluding carboxylic acids is 1. The Morgan fingerprint density at radius 1 is 1.35 bits per heavy atom. The van der Waals surface area contributed by atoms with Gasteiger partial charge in [0.1, 0.15) is 0 Å². The van der Waals surface area contributed by atoms with Crippen LogP contribution in [0.4, 0.5) is 0 Å². The number of likely N-dealkylation sites (tertiary alicyclic amines) is 1. The summed E-state index contributed by atoms with van der Waals surface area (Å²) in [7, 11) is 2.00. The summed E-state index contributed by atoms with van der Waals surface area (Å²) in [5, 5.41) is 3.27. The van der Waals surface area contributed by atoms with Gasteiger partial charge in [0, 0.05) is 17.6 Å². The summed E-state index contributed by atoms with van der Waals surface area (Å²) in [5.41, 5.74) is 0.913. The average Bonchev–Trinajstić information content (AvgIpc) is 3.06. The van der Waals surface area contributed by atoms with Gasteiger partial charge < -0.3 is 10.2 Å². The molecule has 2 aliphatic rings. The second kappa shape index (κ2) is 7.35. The molecule has 0 spiro atoms.